The van der Waals surface area contributed by atoms with Crippen molar-refractivity contribution in [2.24, 2.45) is 0 Å². The third kappa shape index (κ3) is 1.34. The molecule has 3 aromatic rings. The predicted molar refractivity (Wildman–Crippen MR) is 62.6 cm³/mol. The molecule has 16 heavy (non-hydrogen) atoms. The van der Waals surface area contributed by atoms with Crippen LogP contribution >= 0.6 is 0 Å². The van der Waals surface area contributed by atoms with E-state index in [9.17, 15) is 10.2 Å². The minimum absolute atomic E-state index is 0.194. The normalized spacial score (nSPS) is 11.0. The summed E-state index contributed by atoms with van der Waals surface area (Å²) in [5.41, 5.74) is 1.44. The van der Waals surface area contributed by atoms with Gasteiger partial charge < -0.3 is 10.2 Å². The van der Waals surface area contributed by atoms with Crippen molar-refractivity contribution in [3.05, 3.63) is 42.5 Å². The zero-order chi connectivity index (χ0) is 11.1. The molecule has 0 aliphatic rings. The van der Waals surface area contributed by atoms with Gasteiger partial charge in [0.1, 0.15) is 11.5 Å². The maximum Gasteiger partial charge on any atom is 0.117 e. The van der Waals surface area contributed by atoms with E-state index in [-0.39, 0.29) is 11.5 Å². The molecule has 0 aliphatic heterocycles. The first-order valence-corrected chi connectivity index (χ1v) is 4.95. The number of aromatic hydroxyl groups is 2. The molecule has 0 atom stereocenters. The topological polar surface area (TPSA) is 53.4 Å². The van der Waals surface area contributed by atoms with E-state index in [0.29, 0.717) is 0 Å². The van der Waals surface area contributed by atoms with Crippen LogP contribution in [0.2, 0.25) is 0 Å². The van der Waals surface area contributed by atoms with Crippen molar-refractivity contribution in [3.8, 4) is 11.5 Å². The monoisotopic (exact) mass is 211 g/mol. The van der Waals surface area contributed by atoms with Crippen LogP contribution in [0.3, 0.4) is 0 Å². The number of aromatic nitrogens is 1. The lowest BCUT2D eigenvalue weighted by molar-refractivity contribution is 0.476. The second-order valence-corrected chi connectivity index (χ2v) is 3.74. The van der Waals surface area contributed by atoms with Gasteiger partial charge in [-0.2, -0.15) is 0 Å². The first-order valence-electron chi connectivity index (χ1n) is 4.95. The highest BCUT2D eigenvalue weighted by molar-refractivity contribution is 5.93. The number of benzene rings is 2. The Morgan fingerprint density at radius 2 is 1.19 bits per heavy atom. The Labute approximate surface area is 91.6 Å². The van der Waals surface area contributed by atoms with Crippen LogP contribution in [-0.2, 0) is 0 Å². The van der Waals surface area contributed by atoms with Gasteiger partial charge in [0.05, 0.1) is 11.0 Å². The molecule has 0 unspecified atom stereocenters. The molecule has 3 nitrogen and oxygen atoms in total. The first-order chi connectivity index (χ1) is 7.72. The second kappa shape index (κ2) is 3.10. The van der Waals surface area contributed by atoms with E-state index in [1.54, 1.807) is 24.3 Å². The third-order valence-electron chi connectivity index (χ3n) is 2.58. The third-order valence-corrected chi connectivity index (χ3v) is 2.58. The average molecular weight is 211 g/mol. The standard InChI is InChI=1S/C13H9NO2/c15-10-3-1-8-5-9-2-4-11(16)7-13(9)14-12(8)6-10/h1-7,15-16H. The molecule has 0 saturated carbocycles. The molecule has 0 saturated heterocycles. The first kappa shape index (κ1) is 8.97. The lowest BCUT2D eigenvalue weighted by atomic mass is 10.1. The summed E-state index contributed by atoms with van der Waals surface area (Å²) in [6.45, 7) is 0. The Balaban J connectivity index is 2.44. The van der Waals surface area contributed by atoms with Gasteiger partial charge >= 0.3 is 0 Å². The molecular formula is C13H9NO2. The smallest absolute Gasteiger partial charge is 0.117 e. The van der Waals surface area contributed by atoms with Crippen molar-refractivity contribution >= 4 is 21.8 Å². The highest BCUT2D eigenvalue weighted by Crippen LogP contribution is 2.24. The number of pyridine rings is 1. The Bertz CT molecular complexity index is 635. The summed E-state index contributed by atoms with van der Waals surface area (Å²) in [6.07, 6.45) is 0. The van der Waals surface area contributed by atoms with Crippen molar-refractivity contribution in [2.45, 2.75) is 0 Å². The molecule has 0 radical (unpaired) electrons. The average Bonchev–Trinajstić information content (AvgIpc) is 2.26. The molecule has 2 aromatic carbocycles. The Morgan fingerprint density at radius 1 is 0.688 bits per heavy atom. The lowest BCUT2D eigenvalue weighted by Crippen LogP contribution is -1.82. The fourth-order valence-corrected chi connectivity index (χ4v) is 1.80. The van der Waals surface area contributed by atoms with Crippen molar-refractivity contribution in [2.75, 3.05) is 0 Å². The van der Waals surface area contributed by atoms with Crippen LogP contribution < -0.4 is 0 Å². The van der Waals surface area contributed by atoms with E-state index >= 15 is 0 Å². The van der Waals surface area contributed by atoms with Crippen LogP contribution in [0.4, 0.5) is 0 Å². The number of phenolic OH excluding ortho intramolecular Hbond substituents is 2. The van der Waals surface area contributed by atoms with Gasteiger partial charge in [-0.3, -0.25) is 0 Å². The van der Waals surface area contributed by atoms with Crippen LogP contribution in [0.1, 0.15) is 0 Å². The molecule has 0 aliphatic carbocycles. The van der Waals surface area contributed by atoms with Gasteiger partial charge in [0.2, 0.25) is 0 Å². The van der Waals surface area contributed by atoms with Crippen LogP contribution in [0, 0.1) is 0 Å². The van der Waals surface area contributed by atoms with E-state index in [1.807, 2.05) is 18.2 Å². The zero-order valence-corrected chi connectivity index (χ0v) is 8.38. The molecule has 0 amide bonds. The summed E-state index contributed by atoms with van der Waals surface area (Å²) in [4.78, 5) is 4.38. The molecule has 1 heterocycles. The van der Waals surface area contributed by atoms with Gasteiger partial charge in [-0.1, -0.05) is 0 Å². The molecule has 1 aromatic heterocycles. The number of fused-ring (bicyclic) bond motifs is 2. The second-order valence-electron chi connectivity index (χ2n) is 3.74. The summed E-state index contributed by atoms with van der Waals surface area (Å²) in [5.74, 6) is 0.388. The van der Waals surface area contributed by atoms with Crippen molar-refractivity contribution < 1.29 is 10.2 Å². The Hall–Kier alpha value is -2.29. The molecule has 0 fully saturated rings. The quantitative estimate of drug-likeness (QED) is 0.562. The molecule has 0 bridgehead atoms. The molecule has 3 heteroatoms. The largest absolute Gasteiger partial charge is 0.508 e. The molecule has 2 N–H and O–H groups in total. The number of rotatable bonds is 0. The van der Waals surface area contributed by atoms with Crippen LogP contribution in [-0.4, -0.2) is 15.2 Å². The summed E-state index contributed by atoms with van der Waals surface area (Å²) >= 11 is 0. The predicted octanol–water partition coefficient (Wildman–Crippen LogP) is 2.80. The Kier molecular flexibility index (Phi) is 1.74. The molecule has 3 rings (SSSR count). The maximum absolute atomic E-state index is 9.37. The zero-order valence-electron chi connectivity index (χ0n) is 8.38. The van der Waals surface area contributed by atoms with Crippen LogP contribution in [0.15, 0.2) is 42.5 Å². The van der Waals surface area contributed by atoms with Crippen molar-refractivity contribution in [3.63, 3.8) is 0 Å². The summed E-state index contributed by atoms with van der Waals surface area (Å²) in [7, 11) is 0. The van der Waals surface area contributed by atoms with Gasteiger partial charge in [0, 0.05) is 22.9 Å². The summed E-state index contributed by atoms with van der Waals surface area (Å²) in [5, 5.41) is 20.7. The van der Waals surface area contributed by atoms with Gasteiger partial charge in [-0.15, -0.1) is 0 Å². The van der Waals surface area contributed by atoms with Crippen LogP contribution in [0.25, 0.3) is 21.8 Å². The summed E-state index contributed by atoms with van der Waals surface area (Å²) < 4.78 is 0. The summed E-state index contributed by atoms with van der Waals surface area (Å²) in [6, 6.07) is 12.1. The van der Waals surface area contributed by atoms with Crippen molar-refractivity contribution in [1.29, 1.82) is 0 Å². The van der Waals surface area contributed by atoms with Crippen molar-refractivity contribution in [1.82, 2.24) is 4.98 Å². The highest BCUT2D eigenvalue weighted by atomic mass is 16.3. The number of hydrogen-bond acceptors (Lipinski definition) is 3. The van der Waals surface area contributed by atoms with E-state index in [0.717, 1.165) is 21.8 Å². The maximum atomic E-state index is 9.37. The number of nitrogens with zero attached hydrogens (tertiary/aromatic N) is 1. The Morgan fingerprint density at radius 3 is 1.69 bits per heavy atom. The molecule has 78 valence electrons. The van der Waals surface area contributed by atoms with E-state index < -0.39 is 0 Å². The van der Waals surface area contributed by atoms with Gasteiger partial charge in [-0.25, -0.2) is 4.98 Å². The minimum Gasteiger partial charge on any atom is -0.508 e. The fraction of sp³-hybridized carbons (Fsp3) is 0. The van der Waals surface area contributed by atoms with E-state index in [2.05, 4.69) is 4.98 Å². The van der Waals surface area contributed by atoms with Gasteiger partial charge in [0.15, 0.2) is 0 Å². The van der Waals surface area contributed by atoms with Crippen LogP contribution in [0.5, 0.6) is 11.5 Å². The van der Waals surface area contributed by atoms with Gasteiger partial charge in [-0.05, 0) is 30.3 Å². The molecule has 0 spiro atoms. The SMILES string of the molecule is Oc1ccc2cc3ccc(O)cc3nc2c1. The number of phenols is 2. The van der Waals surface area contributed by atoms with E-state index in [1.165, 1.54) is 0 Å². The van der Waals surface area contributed by atoms with E-state index in [4.69, 9.17) is 0 Å². The highest BCUT2D eigenvalue weighted by Gasteiger charge is 2.01. The molecular weight excluding hydrogens is 202 g/mol. The lowest BCUT2D eigenvalue weighted by Gasteiger charge is -2.02. The minimum atomic E-state index is 0.194. The van der Waals surface area contributed by atoms with Gasteiger partial charge in [0.25, 0.3) is 0 Å². The fourth-order valence-electron chi connectivity index (χ4n) is 1.80. The number of hydrogen-bond donors (Lipinski definition) is 2.